The van der Waals surface area contributed by atoms with Crippen LogP contribution in [0.2, 0.25) is 0 Å². The van der Waals surface area contributed by atoms with E-state index in [1.54, 1.807) is 44.4 Å². The SMILES string of the molecule is COc1cc(OC)cc(C(=O)N(C)CC(C)N)c1. The van der Waals surface area contributed by atoms with E-state index in [0.717, 1.165) is 0 Å². The number of benzene rings is 1. The standard InChI is InChI=1S/C13H20N2O3/c1-9(14)8-15(2)13(16)10-5-11(17-3)7-12(6-10)18-4/h5-7,9H,8,14H2,1-4H3. The Morgan fingerprint density at radius 2 is 1.78 bits per heavy atom. The summed E-state index contributed by atoms with van der Waals surface area (Å²) < 4.78 is 10.3. The Balaban J connectivity index is 2.97. The van der Waals surface area contributed by atoms with Crippen molar-refractivity contribution in [1.29, 1.82) is 0 Å². The molecule has 0 heterocycles. The third-order valence-corrected chi connectivity index (χ3v) is 2.51. The molecule has 0 aliphatic rings. The first kappa shape index (κ1) is 14.3. The first-order chi connectivity index (χ1) is 8.47. The van der Waals surface area contributed by atoms with Gasteiger partial charge in [0.2, 0.25) is 0 Å². The minimum absolute atomic E-state index is 0.0635. The molecular weight excluding hydrogens is 232 g/mol. The Hall–Kier alpha value is -1.75. The summed E-state index contributed by atoms with van der Waals surface area (Å²) >= 11 is 0. The van der Waals surface area contributed by atoms with Crippen LogP contribution in [-0.4, -0.2) is 44.7 Å². The molecule has 1 rings (SSSR count). The van der Waals surface area contributed by atoms with Crippen LogP contribution in [0.15, 0.2) is 18.2 Å². The number of ether oxygens (including phenoxy) is 2. The van der Waals surface area contributed by atoms with E-state index < -0.39 is 0 Å². The molecule has 0 spiro atoms. The second kappa shape index (κ2) is 6.26. The molecular formula is C13H20N2O3. The van der Waals surface area contributed by atoms with E-state index in [-0.39, 0.29) is 11.9 Å². The smallest absolute Gasteiger partial charge is 0.253 e. The predicted molar refractivity (Wildman–Crippen MR) is 70.2 cm³/mol. The van der Waals surface area contributed by atoms with Crippen LogP contribution in [0.1, 0.15) is 17.3 Å². The summed E-state index contributed by atoms with van der Waals surface area (Å²) in [5.41, 5.74) is 6.20. The number of nitrogens with two attached hydrogens (primary N) is 1. The minimum Gasteiger partial charge on any atom is -0.497 e. The second-order valence-corrected chi connectivity index (χ2v) is 4.26. The number of carbonyl (C=O) groups excluding carboxylic acids is 1. The molecule has 1 unspecified atom stereocenters. The van der Waals surface area contributed by atoms with Gasteiger partial charge in [0.05, 0.1) is 14.2 Å². The van der Waals surface area contributed by atoms with Crippen molar-refractivity contribution in [3.05, 3.63) is 23.8 Å². The Labute approximate surface area is 107 Å². The van der Waals surface area contributed by atoms with Crippen molar-refractivity contribution in [1.82, 2.24) is 4.90 Å². The summed E-state index contributed by atoms with van der Waals surface area (Å²) in [5, 5.41) is 0. The van der Waals surface area contributed by atoms with E-state index in [2.05, 4.69) is 0 Å². The minimum atomic E-state index is -0.107. The number of hydrogen-bond donors (Lipinski definition) is 1. The summed E-state index contributed by atoms with van der Waals surface area (Å²) in [6.07, 6.45) is 0. The Morgan fingerprint density at radius 3 is 2.17 bits per heavy atom. The van der Waals surface area contributed by atoms with Gasteiger partial charge in [0.25, 0.3) is 5.91 Å². The summed E-state index contributed by atoms with van der Waals surface area (Å²) in [7, 11) is 4.82. The molecule has 0 aliphatic carbocycles. The Bertz CT molecular complexity index is 396. The maximum Gasteiger partial charge on any atom is 0.253 e. The fraction of sp³-hybridized carbons (Fsp3) is 0.462. The van der Waals surface area contributed by atoms with Crippen LogP contribution in [0.4, 0.5) is 0 Å². The number of carbonyl (C=O) groups is 1. The Morgan fingerprint density at radius 1 is 1.28 bits per heavy atom. The summed E-state index contributed by atoms with van der Waals surface area (Å²) in [6, 6.07) is 5.03. The van der Waals surface area contributed by atoms with Crippen LogP contribution in [0.3, 0.4) is 0 Å². The van der Waals surface area contributed by atoms with Crippen LogP contribution in [0.25, 0.3) is 0 Å². The van der Waals surface area contributed by atoms with Gasteiger partial charge in [0.1, 0.15) is 11.5 Å². The molecule has 1 amide bonds. The topological polar surface area (TPSA) is 64.8 Å². The molecule has 1 aromatic carbocycles. The molecule has 2 N–H and O–H groups in total. The number of methoxy groups -OCH3 is 2. The van der Waals surface area contributed by atoms with Gasteiger partial charge < -0.3 is 20.1 Å². The van der Waals surface area contributed by atoms with Gasteiger partial charge in [-0.3, -0.25) is 4.79 Å². The van der Waals surface area contributed by atoms with Gasteiger partial charge >= 0.3 is 0 Å². The molecule has 5 heteroatoms. The van der Waals surface area contributed by atoms with Gasteiger partial charge in [0.15, 0.2) is 0 Å². The predicted octanol–water partition coefficient (Wildman–Crippen LogP) is 1.12. The highest BCUT2D eigenvalue weighted by molar-refractivity contribution is 5.95. The largest absolute Gasteiger partial charge is 0.497 e. The average molecular weight is 252 g/mol. The molecule has 0 aliphatic heterocycles. The Kier molecular flexibility index (Phi) is 4.97. The second-order valence-electron chi connectivity index (χ2n) is 4.26. The highest BCUT2D eigenvalue weighted by atomic mass is 16.5. The summed E-state index contributed by atoms with van der Waals surface area (Å²) in [6.45, 7) is 2.36. The number of amides is 1. The van der Waals surface area contributed by atoms with Crippen LogP contribution >= 0.6 is 0 Å². The van der Waals surface area contributed by atoms with E-state index in [0.29, 0.717) is 23.6 Å². The maximum absolute atomic E-state index is 12.2. The zero-order valence-electron chi connectivity index (χ0n) is 11.3. The number of rotatable bonds is 5. The van der Waals surface area contributed by atoms with Crippen molar-refractivity contribution in [3.8, 4) is 11.5 Å². The van der Waals surface area contributed by atoms with Crippen molar-refractivity contribution < 1.29 is 14.3 Å². The zero-order valence-corrected chi connectivity index (χ0v) is 11.3. The highest BCUT2D eigenvalue weighted by Gasteiger charge is 2.15. The lowest BCUT2D eigenvalue weighted by atomic mass is 10.1. The summed E-state index contributed by atoms with van der Waals surface area (Å²) in [4.78, 5) is 13.8. The van der Waals surface area contributed by atoms with Crippen molar-refractivity contribution in [3.63, 3.8) is 0 Å². The third kappa shape index (κ3) is 3.63. The monoisotopic (exact) mass is 252 g/mol. The number of nitrogens with zero attached hydrogens (tertiary/aromatic N) is 1. The van der Waals surface area contributed by atoms with Crippen molar-refractivity contribution in [2.75, 3.05) is 27.8 Å². The van der Waals surface area contributed by atoms with Gasteiger partial charge in [-0.05, 0) is 19.1 Å². The zero-order chi connectivity index (χ0) is 13.7. The highest BCUT2D eigenvalue weighted by Crippen LogP contribution is 2.23. The molecule has 0 fully saturated rings. The quantitative estimate of drug-likeness (QED) is 0.853. The first-order valence-corrected chi connectivity index (χ1v) is 5.72. The first-order valence-electron chi connectivity index (χ1n) is 5.72. The molecule has 18 heavy (non-hydrogen) atoms. The average Bonchev–Trinajstić information content (AvgIpc) is 2.36. The molecule has 0 saturated heterocycles. The lowest BCUT2D eigenvalue weighted by molar-refractivity contribution is 0.0788. The molecule has 5 nitrogen and oxygen atoms in total. The molecule has 0 bridgehead atoms. The van der Waals surface area contributed by atoms with Crippen molar-refractivity contribution in [2.24, 2.45) is 5.73 Å². The lowest BCUT2D eigenvalue weighted by Gasteiger charge is -2.20. The van der Waals surface area contributed by atoms with Gasteiger partial charge in [-0.15, -0.1) is 0 Å². The van der Waals surface area contributed by atoms with Gasteiger partial charge in [0, 0.05) is 31.3 Å². The molecule has 0 radical (unpaired) electrons. The third-order valence-electron chi connectivity index (χ3n) is 2.51. The molecule has 1 atom stereocenters. The van der Waals surface area contributed by atoms with E-state index >= 15 is 0 Å². The van der Waals surface area contributed by atoms with Crippen molar-refractivity contribution >= 4 is 5.91 Å². The summed E-state index contributed by atoms with van der Waals surface area (Å²) in [5.74, 6) is 1.07. The molecule has 1 aromatic rings. The fourth-order valence-corrected chi connectivity index (χ4v) is 1.67. The van der Waals surface area contributed by atoms with Crippen LogP contribution in [0.5, 0.6) is 11.5 Å². The van der Waals surface area contributed by atoms with Gasteiger partial charge in [-0.2, -0.15) is 0 Å². The number of hydrogen-bond acceptors (Lipinski definition) is 4. The van der Waals surface area contributed by atoms with Crippen molar-refractivity contribution in [2.45, 2.75) is 13.0 Å². The molecule has 0 saturated carbocycles. The molecule has 100 valence electrons. The normalized spacial score (nSPS) is 11.8. The lowest BCUT2D eigenvalue weighted by Crippen LogP contribution is -2.36. The van der Waals surface area contributed by atoms with E-state index in [4.69, 9.17) is 15.2 Å². The molecule has 0 aromatic heterocycles. The fourth-order valence-electron chi connectivity index (χ4n) is 1.67. The van der Waals surface area contributed by atoms with E-state index in [1.165, 1.54) is 0 Å². The maximum atomic E-state index is 12.2. The van der Waals surface area contributed by atoms with Crippen LogP contribution < -0.4 is 15.2 Å². The van der Waals surface area contributed by atoms with Crippen LogP contribution in [-0.2, 0) is 0 Å². The van der Waals surface area contributed by atoms with Gasteiger partial charge in [-0.25, -0.2) is 0 Å². The van der Waals surface area contributed by atoms with Crippen LogP contribution in [0, 0.1) is 0 Å². The van der Waals surface area contributed by atoms with E-state index in [1.807, 2.05) is 6.92 Å². The van der Waals surface area contributed by atoms with E-state index in [9.17, 15) is 4.79 Å². The number of likely N-dealkylation sites (N-methyl/N-ethyl adjacent to an activating group) is 1. The van der Waals surface area contributed by atoms with Gasteiger partial charge in [-0.1, -0.05) is 0 Å².